The Morgan fingerprint density at radius 3 is 2.47 bits per heavy atom. The lowest BCUT2D eigenvalue weighted by Gasteiger charge is -2.26. The summed E-state index contributed by atoms with van der Waals surface area (Å²) >= 11 is 3.39. The van der Waals surface area contributed by atoms with Crippen molar-refractivity contribution < 1.29 is 33.0 Å². The number of anilines is 1. The molecule has 1 aliphatic heterocycles. The van der Waals surface area contributed by atoms with Crippen LogP contribution in [0.3, 0.4) is 0 Å². The van der Waals surface area contributed by atoms with Crippen molar-refractivity contribution in [2.24, 2.45) is 0 Å². The van der Waals surface area contributed by atoms with Gasteiger partial charge >= 0.3 is 0 Å². The van der Waals surface area contributed by atoms with Crippen molar-refractivity contribution in [3.8, 4) is 11.5 Å². The number of nitrogens with zero attached hydrogens (tertiary/aromatic N) is 1. The molecule has 0 radical (unpaired) electrons. The number of halogens is 3. The monoisotopic (exact) mass is 557 g/mol. The Morgan fingerprint density at radius 1 is 1.06 bits per heavy atom. The maximum absolute atomic E-state index is 14.9. The smallest absolute Gasteiger partial charge is 0.300 e. The van der Waals surface area contributed by atoms with E-state index in [0.29, 0.717) is 23.7 Å². The predicted octanol–water partition coefficient (Wildman–Crippen LogP) is 6.07. The molecule has 0 aliphatic carbocycles. The summed E-state index contributed by atoms with van der Waals surface area (Å²) in [5, 5.41) is 11.3. The first-order valence-corrected chi connectivity index (χ1v) is 11.8. The summed E-state index contributed by atoms with van der Waals surface area (Å²) in [4.78, 5) is 27.4. The summed E-state index contributed by atoms with van der Waals surface area (Å²) in [5.41, 5.74) is 0.707. The fourth-order valence-electron chi connectivity index (χ4n) is 4.15. The van der Waals surface area contributed by atoms with E-state index in [1.54, 1.807) is 50.2 Å². The number of benzene rings is 3. The van der Waals surface area contributed by atoms with Gasteiger partial charge in [-0.15, -0.1) is 0 Å². The fraction of sp³-hybridized carbons (Fsp3) is 0.185. The number of carbonyl (C=O) groups is 2. The Kier molecular flexibility index (Phi) is 7.12. The van der Waals surface area contributed by atoms with Crippen LogP contribution in [-0.2, 0) is 9.59 Å². The van der Waals surface area contributed by atoms with Crippen molar-refractivity contribution in [2.45, 2.75) is 19.9 Å². The highest BCUT2D eigenvalue weighted by molar-refractivity contribution is 9.10. The van der Waals surface area contributed by atoms with Crippen LogP contribution >= 0.6 is 15.9 Å². The maximum atomic E-state index is 14.9. The molecule has 0 bridgehead atoms. The molecule has 1 aliphatic rings. The summed E-state index contributed by atoms with van der Waals surface area (Å²) in [7, 11) is 1.46. The second kappa shape index (κ2) is 10.1. The number of aliphatic hydroxyl groups is 1. The molecule has 0 spiro atoms. The second-order valence-corrected chi connectivity index (χ2v) is 8.93. The molecule has 0 aromatic heterocycles. The Hall–Kier alpha value is -3.72. The van der Waals surface area contributed by atoms with E-state index in [1.165, 1.54) is 7.11 Å². The molecule has 1 atom stereocenters. The summed E-state index contributed by atoms with van der Waals surface area (Å²) in [6, 6.07) is 11.0. The van der Waals surface area contributed by atoms with E-state index < -0.39 is 40.8 Å². The van der Waals surface area contributed by atoms with Crippen LogP contribution in [-0.4, -0.2) is 30.5 Å². The first-order valence-electron chi connectivity index (χ1n) is 11.0. The number of carbonyl (C=O) groups excluding carboxylic acids is 2. The molecule has 4 rings (SSSR count). The standard InChI is InChI=1S/C27H22BrF2NO5/c1-4-36-22-12-15(6-10-21(22)35-3)24-23(25(32)16-5-8-18(28)14(2)11-16)26(33)27(34)31(24)20-13-17(29)7-9-19(20)30/h5-13,24,32H,4H2,1-3H3/b25-23+. The van der Waals surface area contributed by atoms with Gasteiger partial charge < -0.3 is 14.6 Å². The van der Waals surface area contributed by atoms with Crippen molar-refractivity contribution >= 4 is 39.1 Å². The van der Waals surface area contributed by atoms with Crippen LogP contribution in [0.15, 0.2) is 64.6 Å². The zero-order valence-corrected chi connectivity index (χ0v) is 21.2. The summed E-state index contributed by atoms with van der Waals surface area (Å²) < 4.78 is 40.8. The number of aryl methyl sites for hydroxylation is 1. The number of ketones is 1. The van der Waals surface area contributed by atoms with Crippen LogP contribution in [0.2, 0.25) is 0 Å². The third-order valence-electron chi connectivity index (χ3n) is 5.85. The van der Waals surface area contributed by atoms with Gasteiger partial charge in [0.25, 0.3) is 11.7 Å². The Labute approximate surface area is 214 Å². The Bertz CT molecular complexity index is 1400. The van der Waals surface area contributed by atoms with Gasteiger partial charge in [-0.25, -0.2) is 8.78 Å². The maximum Gasteiger partial charge on any atom is 0.300 e. The summed E-state index contributed by atoms with van der Waals surface area (Å²) in [6.45, 7) is 3.88. The highest BCUT2D eigenvalue weighted by Gasteiger charge is 2.48. The lowest BCUT2D eigenvalue weighted by atomic mass is 9.94. The van der Waals surface area contributed by atoms with Crippen LogP contribution in [0.25, 0.3) is 5.76 Å². The zero-order valence-electron chi connectivity index (χ0n) is 19.6. The van der Waals surface area contributed by atoms with E-state index in [9.17, 15) is 23.5 Å². The van der Waals surface area contributed by atoms with Gasteiger partial charge in [0.15, 0.2) is 11.5 Å². The van der Waals surface area contributed by atoms with Gasteiger partial charge in [-0.2, -0.15) is 0 Å². The third-order valence-corrected chi connectivity index (χ3v) is 6.74. The number of methoxy groups -OCH3 is 1. The summed E-state index contributed by atoms with van der Waals surface area (Å²) in [6.07, 6.45) is 0. The first-order chi connectivity index (χ1) is 17.2. The SMILES string of the molecule is CCOc1cc(C2/C(=C(\O)c3ccc(Br)c(C)c3)C(=O)C(=O)N2c2cc(F)ccc2F)ccc1OC. The van der Waals surface area contributed by atoms with Gasteiger partial charge in [-0.3, -0.25) is 14.5 Å². The molecule has 9 heteroatoms. The van der Waals surface area contributed by atoms with Crippen molar-refractivity contribution in [3.63, 3.8) is 0 Å². The molecule has 186 valence electrons. The molecular formula is C27H22BrF2NO5. The van der Waals surface area contributed by atoms with E-state index >= 15 is 0 Å². The van der Waals surface area contributed by atoms with E-state index in [1.807, 2.05) is 0 Å². The fourth-order valence-corrected chi connectivity index (χ4v) is 4.39. The predicted molar refractivity (Wildman–Crippen MR) is 134 cm³/mol. The molecule has 1 amide bonds. The van der Waals surface area contributed by atoms with Gasteiger partial charge in [0.2, 0.25) is 0 Å². The van der Waals surface area contributed by atoms with Crippen molar-refractivity contribution in [3.05, 3.63) is 93.0 Å². The van der Waals surface area contributed by atoms with Crippen LogP contribution in [0.4, 0.5) is 14.5 Å². The lowest BCUT2D eigenvalue weighted by Crippen LogP contribution is -2.30. The first kappa shape index (κ1) is 25.4. The average Bonchev–Trinajstić information content (AvgIpc) is 3.12. The molecule has 3 aromatic carbocycles. The average molecular weight is 558 g/mol. The zero-order chi connectivity index (χ0) is 26.1. The van der Waals surface area contributed by atoms with Crippen LogP contribution in [0.1, 0.15) is 29.7 Å². The number of rotatable bonds is 6. The number of amides is 1. The Morgan fingerprint density at radius 2 is 1.81 bits per heavy atom. The van der Waals surface area contributed by atoms with Crippen LogP contribution in [0.5, 0.6) is 11.5 Å². The molecule has 6 nitrogen and oxygen atoms in total. The largest absolute Gasteiger partial charge is 0.507 e. The molecule has 1 saturated heterocycles. The van der Waals surface area contributed by atoms with Crippen molar-refractivity contribution in [1.82, 2.24) is 0 Å². The second-order valence-electron chi connectivity index (χ2n) is 8.07. The molecule has 0 saturated carbocycles. The van der Waals surface area contributed by atoms with E-state index in [4.69, 9.17) is 9.47 Å². The molecule has 36 heavy (non-hydrogen) atoms. The lowest BCUT2D eigenvalue weighted by molar-refractivity contribution is -0.132. The normalized spacial score (nSPS) is 16.9. The van der Waals surface area contributed by atoms with E-state index in [2.05, 4.69) is 15.9 Å². The summed E-state index contributed by atoms with van der Waals surface area (Å²) in [5.74, 6) is -3.55. The third kappa shape index (κ3) is 4.46. The number of aliphatic hydroxyl groups excluding tert-OH is 1. The molecular weight excluding hydrogens is 536 g/mol. The number of ether oxygens (including phenoxy) is 2. The molecule has 1 fully saturated rings. The van der Waals surface area contributed by atoms with Gasteiger partial charge in [-0.05, 0) is 61.4 Å². The number of Topliss-reactive ketones (excluding diaryl/α,β-unsaturated/α-hetero) is 1. The van der Waals surface area contributed by atoms with E-state index in [-0.39, 0.29) is 11.1 Å². The highest BCUT2D eigenvalue weighted by atomic mass is 79.9. The van der Waals surface area contributed by atoms with E-state index in [0.717, 1.165) is 33.1 Å². The molecule has 1 unspecified atom stereocenters. The van der Waals surface area contributed by atoms with Gasteiger partial charge in [0.1, 0.15) is 17.4 Å². The minimum atomic E-state index is -1.27. The van der Waals surface area contributed by atoms with Gasteiger partial charge in [0.05, 0.1) is 31.0 Å². The minimum absolute atomic E-state index is 0.266. The number of hydrogen-bond donors (Lipinski definition) is 1. The van der Waals surface area contributed by atoms with Crippen LogP contribution < -0.4 is 14.4 Å². The van der Waals surface area contributed by atoms with Gasteiger partial charge in [-0.1, -0.05) is 28.1 Å². The topological polar surface area (TPSA) is 76.1 Å². The highest BCUT2D eigenvalue weighted by Crippen LogP contribution is 2.45. The Balaban J connectivity index is 2.01. The van der Waals surface area contributed by atoms with Crippen molar-refractivity contribution in [1.29, 1.82) is 0 Å². The molecule has 1 heterocycles. The van der Waals surface area contributed by atoms with Crippen molar-refractivity contribution in [2.75, 3.05) is 18.6 Å². The molecule has 1 N–H and O–H groups in total. The minimum Gasteiger partial charge on any atom is -0.507 e. The van der Waals surface area contributed by atoms with Gasteiger partial charge in [0, 0.05) is 16.1 Å². The number of hydrogen-bond acceptors (Lipinski definition) is 5. The quantitative estimate of drug-likeness (QED) is 0.226. The van der Waals surface area contributed by atoms with Crippen LogP contribution in [0, 0.1) is 18.6 Å². The molecule has 3 aromatic rings.